The molecule has 150 valence electrons. The fourth-order valence-corrected chi connectivity index (χ4v) is 2.06. The van der Waals surface area contributed by atoms with E-state index in [2.05, 4.69) is 15.3 Å². The van der Waals surface area contributed by atoms with Gasteiger partial charge >= 0.3 is 0 Å². The van der Waals surface area contributed by atoms with E-state index >= 15 is 0 Å². The summed E-state index contributed by atoms with van der Waals surface area (Å²) in [5.41, 5.74) is 1.53. The Morgan fingerprint density at radius 2 is 2.07 bits per heavy atom. The summed E-state index contributed by atoms with van der Waals surface area (Å²) in [5, 5.41) is 3.09. The average molecular weight is 390 g/mol. The molecule has 0 unspecified atom stereocenters. The summed E-state index contributed by atoms with van der Waals surface area (Å²) >= 11 is 0. The molecule has 1 saturated carbocycles. The zero-order chi connectivity index (χ0) is 20.4. The number of alkyl halides is 2. The first kappa shape index (κ1) is 21.3. The number of rotatable bonds is 5. The maximum atomic E-state index is 11.9. The van der Waals surface area contributed by atoms with Crippen molar-refractivity contribution >= 4 is 17.6 Å². The molecule has 0 radical (unpaired) electrons. The fraction of sp³-hybridized carbons (Fsp3) is 0.350. The maximum absolute atomic E-state index is 11.9. The van der Waals surface area contributed by atoms with Crippen molar-refractivity contribution in [3.05, 3.63) is 54.2 Å². The smallest absolute Gasteiger partial charge is 0.280 e. The number of aromatic nitrogens is 3. The van der Waals surface area contributed by atoms with Gasteiger partial charge in [-0.15, -0.1) is 0 Å². The molecule has 0 aromatic carbocycles. The van der Waals surface area contributed by atoms with Gasteiger partial charge in [-0.05, 0) is 19.1 Å². The van der Waals surface area contributed by atoms with Crippen molar-refractivity contribution in [1.82, 2.24) is 14.4 Å². The first-order valence-electron chi connectivity index (χ1n) is 9.06. The molecule has 1 aliphatic carbocycles. The van der Waals surface area contributed by atoms with Gasteiger partial charge in [0.25, 0.3) is 6.43 Å². The molecule has 1 fully saturated rings. The van der Waals surface area contributed by atoms with Crippen LogP contribution in [0.15, 0.2) is 42.9 Å². The fourth-order valence-electron chi connectivity index (χ4n) is 2.06. The van der Waals surface area contributed by atoms with Crippen LogP contribution in [0.2, 0.25) is 0 Å². The van der Waals surface area contributed by atoms with Gasteiger partial charge < -0.3 is 14.5 Å². The standard InChI is InChI=1S/C10H13N3O.C7H5F2NO.C3H6/c1-3-14-9-6-10-12-4-5-13(10)7-8(9)11-2;8-7(9)6-3-1-2-5(4-11)10-6;1-2-3-1/h4-7,11H,3H2,1-2H3;1-4,7H;1-3H2. The molecule has 0 spiro atoms. The molecule has 8 heteroatoms. The second kappa shape index (κ2) is 11.0. The SMILES string of the molecule is C1CC1.CCOc1cc2nccn2cc1NC.O=Cc1cccc(C(F)F)n1. The second-order valence-electron chi connectivity index (χ2n) is 5.89. The van der Waals surface area contributed by atoms with E-state index < -0.39 is 6.43 Å². The molecule has 0 amide bonds. The van der Waals surface area contributed by atoms with Crippen molar-refractivity contribution in [2.24, 2.45) is 0 Å². The van der Waals surface area contributed by atoms with Crippen molar-refractivity contribution in [2.45, 2.75) is 32.6 Å². The third-order valence-corrected chi connectivity index (χ3v) is 3.55. The van der Waals surface area contributed by atoms with Crippen molar-refractivity contribution in [2.75, 3.05) is 19.0 Å². The monoisotopic (exact) mass is 390 g/mol. The van der Waals surface area contributed by atoms with Gasteiger partial charge in [0, 0.05) is 31.7 Å². The van der Waals surface area contributed by atoms with E-state index in [1.165, 1.54) is 37.5 Å². The lowest BCUT2D eigenvalue weighted by Crippen LogP contribution is -1.99. The molecule has 0 aliphatic heterocycles. The lowest BCUT2D eigenvalue weighted by Gasteiger charge is -2.09. The Kier molecular flexibility index (Phi) is 8.33. The largest absolute Gasteiger partial charge is 0.492 e. The van der Waals surface area contributed by atoms with Crippen molar-refractivity contribution in [1.29, 1.82) is 0 Å². The Morgan fingerprint density at radius 1 is 1.32 bits per heavy atom. The number of hydrogen-bond acceptors (Lipinski definition) is 5. The first-order valence-corrected chi connectivity index (χ1v) is 9.06. The molecule has 0 bridgehead atoms. The minimum absolute atomic E-state index is 0.0304. The van der Waals surface area contributed by atoms with Crippen LogP contribution in [0.4, 0.5) is 14.5 Å². The lowest BCUT2D eigenvalue weighted by molar-refractivity contribution is 0.111. The van der Waals surface area contributed by atoms with Crippen LogP contribution in [0, 0.1) is 0 Å². The molecule has 1 N–H and O–H groups in total. The average Bonchev–Trinajstić information content (AvgIpc) is 3.54. The number of fused-ring (bicyclic) bond motifs is 1. The van der Waals surface area contributed by atoms with Gasteiger partial charge in [-0.3, -0.25) is 4.79 Å². The zero-order valence-electron chi connectivity index (χ0n) is 15.9. The molecule has 3 heterocycles. The van der Waals surface area contributed by atoms with Crippen LogP contribution < -0.4 is 10.1 Å². The van der Waals surface area contributed by atoms with E-state index in [1.807, 2.05) is 36.8 Å². The molecule has 28 heavy (non-hydrogen) atoms. The highest BCUT2D eigenvalue weighted by Gasteiger charge is 2.08. The number of halogens is 2. The van der Waals surface area contributed by atoms with Crippen LogP contribution in [-0.2, 0) is 0 Å². The summed E-state index contributed by atoms with van der Waals surface area (Å²) in [6.07, 6.45) is 7.96. The van der Waals surface area contributed by atoms with Crippen LogP contribution >= 0.6 is 0 Å². The van der Waals surface area contributed by atoms with E-state index in [1.54, 1.807) is 6.20 Å². The number of ether oxygens (including phenoxy) is 1. The highest BCUT2D eigenvalue weighted by Crippen LogP contribution is 2.25. The Labute approximate surface area is 162 Å². The second-order valence-corrected chi connectivity index (χ2v) is 5.89. The predicted octanol–water partition coefficient (Wildman–Crippen LogP) is 4.78. The van der Waals surface area contributed by atoms with E-state index in [0.717, 1.165) is 17.1 Å². The predicted molar refractivity (Wildman–Crippen MR) is 104 cm³/mol. The first-order chi connectivity index (χ1) is 13.6. The number of imidazole rings is 1. The normalized spacial score (nSPS) is 11.8. The van der Waals surface area contributed by atoms with E-state index in [4.69, 9.17) is 4.74 Å². The molecule has 6 nitrogen and oxygen atoms in total. The summed E-state index contributed by atoms with van der Waals surface area (Å²) in [6, 6.07) is 5.85. The van der Waals surface area contributed by atoms with Crippen LogP contribution in [0.1, 0.15) is 48.8 Å². The molecule has 0 atom stereocenters. The third kappa shape index (κ3) is 6.61. The number of nitrogens with zero attached hydrogens (tertiary/aromatic N) is 3. The summed E-state index contributed by atoms with van der Waals surface area (Å²) in [4.78, 5) is 17.6. The van der Waals surface area contributed by atoms with Crippen LogP contribution in [0.5, 0.6) is 5.75 Å². The van der Waals surface area contributed by atoms with Crippen LogP contribution in [0.25, 0.3) is 5.65 Å². The van der Waals surface area contributed by atoms with Crippen molar-refractivity contribution in [3.8, 4) is 5.75 Å². The van der Waals surface area contributed by atoms with E-state index in [0.29, 0.717) is 12.9 Å². The van der Waals surface area contributed by atoms with Crippen molar-refractivity contribution < 1.29 is 18.3 Å². The Morgan fingerprint density at radius 3 is 2.64 bits per heavy atom. The minimum Gasteiger partial charge on any atom is -0.492 e. The van der Waals surface area contributed by atoms with Crippen molar-refractivity contribution in [3.63, 3.8) is 0 Å². The molecular weight excluding hydrogens is 366 g/mol. The van der Waals surface area contributed by atoms with Crippen LogP contribution in [0.3, 0.4) is 0 Å². The summed E-state index contributed by atoms with van der Waals surface area (Å²) in [5.74, 6) is 0.841. The number of pyridine rings is 2. The number of anilines is 1. The Bertz CT molecular complexity index is 879. The molecule has 4 rings (SSSR count). The highest BCUT2D eigenvalue weighted by atomic mass is 19.3. The zero-order valence-corrected chi connectivity index (χ0v) is 15.9. The Hall–Kier alpha value is -3.03. The van der Waals surface area contributed by atoms with Crippen LogP contribution in [-0.4, -0.2) is 34.3 Å². The van der Waals surface area contributed by atoms with Gasteiger partial charge in [-0.2, -0.15) is 0 Å². The molecule has 3 aromatic rings. The summed E-state index contributed by atoms with van der Waals surface area (Å²) < 4.78 is 31.3. The molecular formula is C20H24F2N4O2. The lowest BCUT2D eigenvalue weighted by atomic mass is 10.3. The minimum atomic E-state index is -2.62. The van der Waals surface area contributed by atoms with Gasteiger partial charge in [-0.1, -0.05) is 25.3 Å². The number of carbonyl (C=O) groups excluding carboxylic acids is 1. The van der Waals surface area contributed by atoms with Gasteiger partial charge in [0.2, 0.25) is 0 Å². The number of hydrogen-bond donors (Lipinski definition) is 1. The topological polar surface area (TPSA) is 68.5 Å². The summed E-state index contributed by atoms with van der Waals surface area (Å²) in [6.45, 7) is 2.63. The molecule has 1 aliphatic rings. The third-order valence-electron chi connectivity index (χ3n) is 3.55. The van der Waals surface area contributed by atoms with Gasteiger partial charge in [-0.25, -0.2) is 18.7 Å². The number of nitrogens with one attached hydrogen (secondary N) is 1. The van der Waals surface area contributed by atoms with Gasteiger partial charge in [0.1, 0.15) is 22.8 Å². The van der Waals surface area contributed by atoms with Gasteiger partial charge in [0.05, 0.1) is 12.3 Å². The van der Waals surface area contributed by atoms with E-state index in [-0.39, 0.29) is 11.4 Å². The number of carbonyl (C=O) groups is 1. The summed E-state index contributed by atoms with van der Waals surface area (Å²) in [7, 11) is 1.88. The highest BCUT2D eigenvalue weighted by molar-refractivity contribution is 5.71. The van der Waals surface area contributed by atoms with E-state index in [9.17, 15) is 13.6 Å². The molecule has 3 aromatic heterocycles. The maximum Gasteiger partial charge on any atom is 0.280 e. The number of aldehydes is 1. The van der Waals surface area contributed by atoms with Gasteiger partial charge in [0.15, 0.2) is 6.29 Å². The quantitative estimate of drug-likeness (QED) is 0.635. The molecule has 0 saturated heterocycles. The Balaban J connectivity index is 0.000000178.